The fourth-order valence-corrected chi connectivity index (χ4v) is 1.64. The summed E-state index contributed by atoms with van der Waals surface area (Å²) in [6.07, 6.45) is 0.449. The number of rotatable bonds is 5. The standard InChI is InChI=1S/C13H15N3O4/c1-2-19-13(18)11-15-12(20-16-11)10(14)7-8-3-5-9(17)6-4-8/h3-6,10,17H,2,7,14H2,1H3. The fourth-order valence-electron chi connectivity index (χ4n) is 1.64. The van der Waals surface area contributed by atoms with E-state index in [-0.39, 0.29) is 24.1 Å². The molecule has 1 aromatic carbocycles. The normalized spacial score (nSPS) is 12.1. The van der Waals surface area contributed by atoms with E-state index >= 15 is 0 Å². The highest BCUT2D eigenvalue weighted by Gasteiger charge is 2.20. The molecule has 0 aliphatic carbocycles. The molecule has 7 heteroatoms. The van der Waals surface area contributed by atoms with Crippen molar-refractivity contribution >= 4 is 5.97 Å². The fraction of sp³-hybridized carbons (Fsp3) is 0.308. The van der Waals surface area contributed by atoms with Crippen molar-refractivity contribution in [3.05, 3.63) is 41.5 Å². The van der Waals surface area contributed by atoms with E-state index in [1.54, 1.807) is 31.2 Å². The van der Waals surface area contributed by atoms with Gasteiger partial charge in [-0.25, -0.2) is 4.79 Å². The van der Waals surface area contributed by atoms with Gasteiger partial charge in [0.1, 0.15) is 5.75 Å². The van der Waals surface area contributed by atoms with E-state index in [0.717, 1.165) is 5.56 Å². The molecule has 1 unspecified atom stereocenters. The second-order valence-electron chi connectivity index (χ2n) is 4.15. The van der Waals surface area contributed by atoms with Crippen molar-refractivity contribution in [2.75, 3.05) is 6.61 Å². The average molecular weight is 277 g/mol. The molecule has 0 aliphatic heterocycles. The Morgan fingerprint density at radius 1 is 1.45 bits per heavy atom. The third kappa shape index (κ3) is 3.33. The molecule has 20 heavy (non-hydrogen) atoms. The maximum Gasteiger partial charge on any atom is 0.379 e. The molecule has 0 amide bonds. The Morgan fingerprint density at radius 3 is 2.80 bits per heavy atom. The minimum absolute atomic E-state index is 0.136. The van der Waals surface area contributed by atoms with Crippen LogP contribution in [0.2, 0.25) is 0 Å². The zero-order chi connectivity index (χ0) is 14.5. The molecule has 1 aromatic heterocycles. The Balaban J connectivity index is 2.04. The first-order chi connectivity index (χ1) is 9.60. The number of phenolic OH excluding ortho intramolecular Hbond substituents is 1. The third-order valence-corrected chi connectivity index (χ3v) is 2.61. The van der Waals surface area contributed by atoms with E-state index in [4.69, 9.17) is 15.0 Å². The van der Waals surface area contributed by atoms with Crippen molar-refractivity contribution < 1.29 is 19.2 Å². The second-order valence-corrected chi connectivity index (χ2v) is 4.15. The van der Waals surface area contributed by atoms with Gasteiger partial charge in [0, 0.05) is 0 Å². The Kier molecular flexibility index (Phi) is 4.31. The summed E-state index contributed by atoms with van der Waals surface area (Å²) in [4.78, 5) is 15.3. The summed E-state index contributed by atoms with van der Waals surface area (Å²) in [5.74, 6) is -0.423. The van der Waals surface area contributed by atoms with Gasteiger partial charge in [0.25, 0.3) is 5.82 Å². The van der Waals surface area contributed by atoms with Gasteiger partial charge in [-0.05, 0) is 36.2 Å². The molecule has 0 radical (unpaired) electrons. The number of phenols is 1. The number of benzene rings is 1. The van der Waals surface area contributed by atoms with Gasteiger partial charge in [0.2, 0.25) is 5.89 Å². The maximum absolute atomic E-state index is 11.4. The lowest BCUT2D eigenvalue weighted by Gasteiger charge is -2.06. The van der Waals surface area contributed by atoms with Crippen LogP contribution in [0.5, 0.6) is 5.75 Å². The predicted molar refractivity (Wildman–Crippen MR) is 69.0 cm³/mol. The number of hydrogen-bond donors (Lipinski definition) is 2. The molecule has 0 bridgehead atoms. The Hall–Kier alpha value is -2.41. The van der Waals surface area contributed by atoms with Gasteiger partial charge in [-0.15, -0.1) is 0 Å². The molecular formula is C13H15N3O4. The summed E-state index contributed by atoms with van der Waals surface area (Å²) in [7, 11) is 0. The molecule has 2 aromatic rings. The van der Waals surface area contributed by atoms with E-state index in [2.05, 4.69) is 10.1 Å². The smallest absolute Gasteiger partial charge is 0.379 e. The monoisotopic (exact) mass is 277 g/mol. The number of aromatic hydroxyl groups is 1. The Bertz CT molecular complexity index is 580. The SMILES string of the molecule is CCOC(=O)c1noc(C(N)Cc2ccc(O)cc2)n1. The number of nitrogens with zero attached hydrogens (tertiary/aromatic N) is 2. The minimum atomic E-state index is -0.640. The lowest BCUT2D eigenvalue weighted by molar-refractivity contribution is 0.0508. The highest BCUT2D eigenvalue weighted by molar-refractivity contribution is 5.84. The third-order valence-electron chi connectivity index (χ3n) is 2.61. The van der Waals surface area contributed by atoms with Crippen LogP contribution in [0.3, 0.4) is 0 Å². The van der Waals surface area contributed by atoms with E-state index in [9.17, 15) is 9.90 Å². The quantitative estimate of drug-likeness (QED) is 0.789. The van der Waals surface area contributed by atoms with Gasteiger partial charge in [-0.1, -0.05) is 12.1 Å². The number of carbonyl (C=O) groups excluding carboxylic acids is 1. The minimum Gasteiger partial charge on any atom is -0.508 e. The highest BCUT2D eigenvalue weighted by atomic mass is 16.5. The summed E-state index contributed by atoms with van der Waals surface area (Å²) < 4.78 is 9.71. The van der Waals surface area contributed by atoms with Crippen molar-refractivity contribution in [3.8, 4) is 5.75 Å². The van der Waals surface area contributed by atoms with Gasteiger partial charge in [-0.3, -0.25) is 0 Å². The van der Waals surface area contributed by atoms with E-state index in [1.807, 2.05) is 0 Å². The van der Waals surface area contributed by atoms with Gasteiger partial charge in [0.05, 0.1) is 12.6 Å². The lowest BCUT2D eigenvalue weighted by atomic mass is 10.1. The first-order valence-corrected chi connectivity index (χ1v) is 6.14. The van der Waals surface area contributed by atoms with Crippen molar-refractivity contribution in [2.24, 2.45) is 5.73 Å². The number of hydrogen-bond acceptors (Lipinski definition) is 7. The van der Waals surface area contributed by atoms with Crippen molar-refractivity contribution in [1.29, 1.82) is 0 Å². The van der Waals surface area contributed by atoms with Crippen molar-refractivity contribution in [2.45, 2.75) is 19.4 Å². The predicted octanol–water partition coefficient (Wildman–Crippen LogP) is 1.19. The van der Waals surface area contributed by atoms with Crippen LogP contribution in [0.1, 0.15) is 35.0 Å². The van der Waals surface area contributed by atoms with E-state index in [0.29, 0.717) is 6.42 Å². The van der Waals surface area contributed by atoms with Gasteiger partial charge < -0.3 is 20.1 Å². The van der Waals surface area contributed by atoms with Crippen LogP contribution in [-0.4, -0.2) is 27.8 Å². The molecule has 0 saturated heterocycles. The molecule has 0 spiro atoms. The van der Waals surface area contributed by atoms with Crippen molar-refractivity contribution in [3.63, 3.8) is 0 Å². The molecule has 0 saturated carbocycles. The van der Waals surface area contributed by atoms with Crippen molar-refractivity contribution in [1.82, 2.24) is 10.1 Å². The zero-order valence-corrected chi connectivity index (χ0v) is 10.9. The average Bonchev–Trinajstić information content (AvgIpc) is 2.91. The molecular weight excluding hydrogens is 262 g/mol. The number of aromatic nitrogens is 2. The van der Waals surface area contributed by atoms with Crippen LogP contribution < -0.4 is 5.73 Å². The Labute approximate surface area is 115 Å². The number of esters is 1. The summed E-state index contributed by atoms with van der Waals surface area (Å²) in [6.45, 7) is 1.93. The van der Waals surface area contributed by atoms with Crippen LogP contribution in [0.4, 0.5) is 0 Å². The highest BCUT2D eigenvalue weighted by Crippen LogP contribution is 2.17. The molecule has 0 aliphatic rings. The largest absolute Gasteiger partial charge is 0.508 e. The number of carbonyl (C=O) groups is 1. The number of ether oxygens (including phenoxy) is 1. The van der Waals surface area contributed by atoms with Gasteiger partial charge in [0.15, 0.2) is 0 Å². The van der Waals surface area contributed by atoms with E-state index in [1.165, 1.54) is 0 Å². The molecule has 3 N–H and O–H groups in total. The van der Waals surface area contributed by atoms with Crippen LogP contribution >= 0.6 is 0 Å². The molecule has 0 fully saturated rings. The zero-order valence-electron chi connectivity index (χ0n) is 10.9. The Morgan fingerprint density at radius 2 is 2.15 bits per heavy atom. The van der Waals surface area contributed by atoms with E-state index < -0.39 is 12.0 Å². The molecule has 1 atom stereocenters. The lowest BCUT2D eigenvalue weighted by Crippen LogP contribution is -2.14. The number of nitrogens with two attached hydrogens (primary N) is 1. The first kappa shape index (κ1) is 14.0. The van der Waals surface area contributed by atoms with Crippen LogP contribution in [-0.2, 0) is 11.2 Å². The van der Waals surface area contributed by atoms with Gasteiger partial charge >= 0.3 is 5.97 Å². The van der Waals surface area contributed by atoms with Crippen LogP contribution in [0.15, 0.2) is 28.8 Å². The summed E-state index contributed by atoms with van der Waals surface area (Å²) in [5.41, 5.74) is 6.85. The molecule has 1 heterocycles. The summed E-state index contributed by atoms with van der Waals surface area (Å²) >= 11 is 0. The summed E-state index contributed by atoms with van der Waals surface area (Å²) in [5, 5.41) is 12.7. The van der Waals surface area contributed by atoms with Crippen LogP contribution in [0.25, 0.3) is 0 Å². The second kappa shape index (κ2) is 6.16. The van der Waals surface area contributed by atoms with Crippen LogP contribution in [0, 0.1) is 0 Å². The summed E-state index contributed by atoms with van der Waals surface area (Å²) in [6, 6.07) is 6.10. The van der Waals surface area contributed by atoms with Gasteiger partial charge in [-0.2, -0.15) is 4.98 Å². The topological polar surface area (TPSA) is 111 Å². The molecule has 2 rings (SSSR count). The molecule has 106 valence electrons. The maximum atomic E-state index is 11.4. The first-order valence-electron chi connectivity index (χ1n) is 6.14. The molecule has 7 nitrogen and oxygen atoms in total.